The number of ketones is 1. The van der Waals surface area contributed by atoms with E-state index in [1.807, 2.05) is 44.2 Å². The van der Waals surface area contributed by atoms with Crippen LogP contribution in [-0.4, -0.2) is 18.4 Å². The average Bonchev–Trinajstić information content (AvgIpc) is 2.74. The molecular formula is C24H19NO3S. The van der Waals surface area contributed by atoms with Gasteiger partial charge in [0.1, 0.15) is 6.07 Å². The van der Waals surface area contributed by atoms with Crippen molar-refractivity contribution in [1.29, 1.82) is 5.26 Å². The Balaban J connectivity index is 1.76. The van der Waals surface area contributed by atoms with Crippen LogP contribution in [0.1, 0.15) is 37.4 Å². The van der Waals surface area contributed by atoms with Crippen LogP contribution in [0, 0.1) is 25.2 Å². The fourth-order valence-corrected chi connectivity index (χ4v) is 3.83. The summed E-state index contributed by atoms with van der Waals surface area (Å²) in [4.78, 5) is 26.6. The molecule has 0 saturated carbocycles. The maximum absolute atomic E-state index is 12.6. The molecule has 0 fully saturated rings. The minimum absolute atomic E-state index is 0.237. The Bertz CT molecular complexity index is 1120. The smallest absolute Gasteiger partial charge is 0.339 e. The average molecular weight is 401 g/mol. The first-order chi connectivity index (χ1) is 14.0. The fraction of sp³-hybridized carbons (Fsp3) is 0.125. The van der Waals surface area contributed by atoms with Crippen molar-refractivity contribution < 1.29 is 14.3 Å². The largest absolute Gasteiger partial charge is 0.454 e. The minimum atomic E-state index is -0.568. The van der Waals surface area contributed by atoms with Gasteiger partial charge in [-0.25, -0.2) is 4.79 Å². The molecule has 0 heterocycles. The molecule has 4 nitrogen and oxygen atoms in total. The molecule has 0 aliphatic heterocycles. The molecule has 0 aliphatic carbocycles. The molecule has 0 saturated heterocycles. The first-order valence-electron chi connectivity index (χ1n) is 9.03. The lowest BCUT2D eigenvalue weighted by molar-refractivity contribution is 0.0471. The molecule has 3 aromatic rings. The normalized spacial score (nSPS) is 10.2. The molecule has 0 atom stereocenters. The topological polar surface area (TPSA) is 67.2 Å². The zero-order chi connectivity index (χ0) is 20.8. The van der Waals surface area contributed by atoms with Gasteiger partial charge in [-0.05, 0) is 49.7 Å². The van der Waals surface area contributed by atoms with Gasteiger partial charge in [-0.15, -0.1) is 0 Å². The summed E-state index contributed by atoms with van der Waals surface area (Å²) >= 11 is 1.32. The van der Waals surface area contributed by atoms with Crippen molar-refractivity contribution in [3.8, 4) is 6.07 Å². The van der Waals surface area contributed by atoms with E-state index < -0.39 is 5.97 Å². The second kappa shape index (κ2) is 9.22. The van der Waals surface area contributed by atoms with Crippen LogP contribution in [0.25, 0.3) is 0 Å². The third-order valence-electron chi connectivity index (χ3n) is 4.36. The number of carbonyl (C=O) groups is 2. The lowest BCUT2D eigenvalue weighted by atomic mass is 10.0. The van der Waals surface area contributed by atoms with Gasteiger partial charge in [0.15, 0.2) is 6.61 Å². The van der Waals surface area contributed by atoms with E-state index in [0.29, 0.717) is 21.6 Å². The van der Waals surface area contributed by atoms with Crippen molar-refractivity contribution >= 4 is 23.5 Å². The molecule has 5 heteroatoms. The highest BCUT2D eigenvalue weighted by Crippen LogP contribution is 2.32. The highest BCUT2D eigenvalue weighted by Gasteiger charge is 2.17. The van der Waals surface area contributed by atoms with Gasteiger partial charge in [0.2, 0.25) is 5.78 Å². The van der Waals surface area contributed by atoms with E-state index in [2.05, 4.69) is 6.07 Å². The van der Waals surface area contributed by atoms with Gasteiger partial charge in [0, 0.05) is 15.4 Å². The van der Waals surface area contributed by atoms with Crippen molar-refractivity contribution in [2.75, 3.05) is 6.61 Å². The standard InChI is InChI=1S/C24H19NO3S/c1-16-11-12-17(2)20(13-16)21(26)15-28-24(27)19-8-4-6-10-23(19)29-22-9-5-3-7-18(22)14-25/h3-13H,15H2,1-2H3. The molecule has 0 radical (unpaired) electrons. The summed E-state index contributed by atoms with van der Waals surface area (Å²) in [6.07, 6.45) is 0. The Kier molecular flexibility index (Phi) is 6.48. The molecular weight excluding hydrogens is 382 g/mol. The third-order valence-corrected chi connectivity index (χ3v) is 5.51. The van der Waals surface area contributed by atoms with E-state index >= 15 is 0 Å². The Morgan fingerprint density at radius 2 is 1.62 bits per heavy atom. The Hall–Kier alpha value is -3.36. The van der Waals surface area contributed by atoms with Crippen LogP contribution in [0.15, 0.2) is 76.5 Å². The van der Waals surface area contributed by atoms with E-state index in [4.69, 9.17) is 4.74 Å². The Morgan fingerprint density at radius 1 is 0.931 bits per heavy atom. The maximum Gasteiger partial charge on any atom is 0.339 e. The summed E-state index contributed by atoms with van der Waals surface area (Å²) < 4.78 is 5.31. The number of aryl methyl sites for hydroxylation is 2. The summed E-state index contributed by atoms with van der Waals surface area (Å²) in [5.74, 6) is -0.805. The van der Waals surface area contributed by atoms with E-state index in [9.17, 15) is 14.9 Å². The fourth-order valence-electron chi connectivity index (χ4n) is 2.81. The number of Topliss-reactive ketones (excluding diaryl/α,β-unsaturated/α-hetero) is 1. The zero-order valence-electron chi connectivity index (χ0n) is 16.1. The van der Waals surface area contributed by atoms with E-state index in [1.165, 1.54) is 11.8 Å². The molecule has 144 valence electrons. The number of carbonyl (C=O) groups excluding carboxylic acids is 2. The molecule has 0 unspecified atom stereocenters. The second-order valence-electron chi connectivity index (χ2n) is 6.52. The summed E-state index contributed by atoms with van der Waals surface area (Å²) in [6.45, 7) is 3.44. The van der Waals surface area contributed by atoms with Gasteiger partial charge < -0.3 is 4.74 Å². The second-order valence-corrected chi connectivity index (χ2v) is 7.61. The van der Waals surface area contributed by atoms with Gasteiger partial charge >= 0.3 is 5.97 Å². The highest BCUT2D eigenvalue weighted by molar-refractivity contribution is 7.99. The number of hydrogen-bond acceptors (Lipinski definition) is 5. The number of ether oxygens (including phenoxy) is 1. The van der Waals surface area contributed by atoms with Crippen LogP contribution in [-0.2, 0) is 4.74 Å². The van der Waals surface area contributed by atoms with Crippen LogP contribution in [0.2, 0.25) is 0 Å². The number of hydrogen-bond donors (Lipinski definition) is 0. The summed E-state index contributed by atoms with van der Waals surface area (Å²) in [5, 5.41) is 9.28. The lowest BCUT2D eigenvalue weighted by Crippen LogP contribution is -2.15. The van der Waals surface area contributed by atoms with Crippen LogP contribution >= 0.6 is 11.8 Å². The predicted molar refractivity (Wildman–Crippen MR) is 112 cm³/mol. The van der Waals surface area contributed by atoms with E-state index in [1.54, 1.807) is 36.4 Å². The molecule has 0 aromatic heterocycles. The first kappa shape index (κ1) is 20.4. The highest BCUT2D eigenvalue weighted by atomic mass is 32.2. The number of benzene rings is 3. The van der Waals surface area contributed by atoms with Crippen LogP contribution in [0.5, 0.6) is 0 Å². The quantitative estimate of drug-likeness (QED) is 0.410. The molecule has 0 aliphatic rings. The van der Waals surface area contributed by atoms with Gasteiger partial charge in [-0.1, -0.05) is 53.7 Å². The van der Waals surface area contributed by atoms with Crippen molar-refractivity contribution in [2.24, 2.45) is 0 Å². The van der Waals surface area contributed by atoms with Gasteiger partial charge in [-0.3, -0.25) is 4.79 Å². The third kappa shape index (κ3) is 4.92. The maximum atomic E-state index is 12.6. The minimum Gasteiger partial charge on any atom is -0.454 e. The monoisotopic (exact) mass is 401 g/mol. The van der Waals surface area contributed by atoms with Crippen LogP contribution in [0.3, 0.4) is 0 Å². The molecule has 0 N–H and O–H groups in total. The number of nitriles is 1. The van der Waals surface area contributed by atoms with Gasteiger partial charge in [-0.2, -0.15) is 5.26 Å². The summed E-state index contributed by atoms with van der Waals surface area (Å²) in [6, 6.07) is 22.0. The molecule has 0 spiro atoms. The van der Waals surface area contributed by atoms with Gasteiger partial charge in [0.05, 0.1) is 11.1 Å². The van der Waals surface area contributed by atoms with Crippen molar-refractivity contribution in [3.63, 3.8) is 0 Å². The molecule has 0 amide bonds. The van der Waals surface area contributed by atoms with Crippen LogP contribution < -0.4 is 0 Å². The van der Waals surface area contributed by atoms with E-state index in [0.717, 1.165) is 16.0 Å². The Morgan fingerprint density at radius 3 is 2.38 bits per heavy atom. The number of nitrogens with zero attached hydrogens (tertiary/aromatic N) is 1. The predicted octanol–water partition coefficient (Wildman–Crippen LogP) is 5.37. The molecule has 3 rings (SSSR count). The SMILES string of the molecule is Cc1ccc(C)c(C(=O)COC(=O)c2ccccc2Sc2ccccc2C#N)c1. The van der Waals surface area contributed by atoms with Crippen molar-refractivity contribution in [3.05, 3.63) is 94.5 Å². The van der Waals surface area contributed by atoms with Crippen molar-refractivity contribution in [2.45, 2.75) is 23.6 Å². The first-order valence-corrected chi connectivity index (χ1v) is 9.85. The van der Waals surface area contributed by atoms with E-state index in [-0.39, 0.29) is 12.4 Å². The molecule has 29 heavy (non-hydrogen) atoms. The number of rotatable bonds is 6. The summed E-state index contributed by atoms with van der Waals surface area (Å²) in [5.41, 5.74) is 3.28. The van der Waals surface area contributed by atoms with Crippen molar-refractivity contribution in [1.82, 2.24) is 0 Å². The van der Waals surface area contributed by atoms with Crippen LogP contribution in [0.4, 0.5) is 0 Å². The van der Waals surface area contributed by atoms with Gasteiger partial charge in [0.25, 0.3) is 0 Å². The Labute approximate surface area is 174 Å². The molecule has 3 aromatic carbocycles. The molecule has 0 bridgehead atoms. The lowest BCUT2D eigenvalue weighted by Gasteiger charge is -2.11. The summed E-state index contributed by atoms with van der Waals surface area (Å²) in [7, 11) is 0. The number of esters is 1. The zero-order valence-corrected chi connectivity index (χ0v) is 17.0.